The van der Waals surface area contributed by atoms with Crippen molar-refractivity contribution in [2.45, 2.75) is 39.5 Å². The average molecular weight is 383 g/mol. The van der Waals surface area contributed by atoms with Crippen LogP contribution < -0.4 is 15.0 Å². The van der Waals surface area contributed by atoms with E-state index >= 15 is 0 Å². The lowest BCUT2D eigenvalue weighted by Gasteiger charge is -2.56. The van der Waals surface area contributed by atoms with E-state index in [0.29, 0.717) is 10.9 Å². The third-order valence-corrected chi connectivity index (χ3v) is 6.24. The van der Waals surface area contributed by atoms with Crippen molar-refractivity contribution in [1.82, 2.24) is 5.32 Å². The predicted molar refractivity (Wildman–Crippen MR) is 108 cm³/mol. The van der Waals surface area contributed by atoms with Crippen LogP contribution in [0.15, 0.2) is 36.4 Å². The van der Waals surface area contributed by atoms with Crippen molar-refractivity contribution in [2.24, 2.45) is 5.92 Å². The number of aryl methyl sites for hydroxylation is 1. The van der Waals surface area contributed by atoms with E-state index in [1.165, 1.54) is 11.6 Å². The summed E-state index contributed by atoms with van der Waals surface area (Å²) in [5.41, 5.74) is 3.46. The molecule has 27 heavy (non-hydrogen) atoms. The molecule has 1 fully saturated rings. The van der Waals surface area contributed by atoms with Gasteiger partial charge in [-0.2, -0.15) is 0 Å². The number of rotatable bonds is 2. The van der Waals surface area contributed by atoms with Crippen molar-refractivity contribution >= 4 is 28.7 Å². The highest BCUT2D eigenvalue weighted by molar-refractivity contribution is 7.80. The third kappa shape index (κ3) is 2.49. The molecule has 2 aliphatic rings. The molecule has 3 atom stereocenters. The average Bonchev–Trinajstić information content (AvgIpc) is 2.61. The first-order chi connectivity index (χ1) is 12.7. The van der Waals surface area contributed by atoms with E-state index in [1.807, 2.05) is 24.0 Å². The van der Waals surface area contributed by atoms with E-state index in [4.69, 9.17) is 17.0 Å². The van der Waals surface area contributed by atoms with Gasteiger partial charge in [0.1, 0.15) is 5.75 Å². The number of nitrogens with zero attached hydrogens (tertiary/aromatic N) is 2. The molecular formula is C20H21N3O3S. The lowest BCUT2D eigenvalue weighted by atomic mass is 9.80. The summed E-state index contributed by atoms with van der Waals surface area (Å²) in [4.78, 5) is 12.8. The number of hydrogen-bond acceptors (Lipinski definition) is 4. The molecule has 0 aliphatic carbocycles. The smallest absolute Gasteiger partial charge is 0.270 e. The lowest BCUT2D eigenvalue weighted by molar-refractivity contribution is -0.385. The number of anilines is 1. The van der Waals surface area contributed by atoms with E-state index in [9.17, 15) is 10.1 Å². The largest absolute Gasteiger partial charge is 0.467 e. The molecule has 0 aromatic heterocycles. The zero-order valence-electron chi connectivity index (χ0n) is 15.6. The first-order valence-electron chi connectivity index (χ1n) is 8.88. The van der Waals surface area contributed by atoms with Gasteiger partial charge >= 0.3 is 0 Å². The van der Waals surface area contributed by atoms with Gasteiger partial charge in [-0.25, -0.2) is 0 Å². The first-order valence-corrected chi connectivity index (χ1v) is 9.29. The Balaban J connectivity index is 1.86. The van der Waals surface area contributed by atoms with Gasteiger partial charge in [-0.3, -0.25) is 15.0 Å². The molecule has 0 radical (unpaired) electrons. The van der Waals surface area contributed by atoms with E-state index in [0.717, 1.165) is 16.8 Å². The van der Waals surface area contributed by atoms with Crippen LogP contribution in [-0.2, 0) is 0 Å². The predicted octanol–water partition coefficient (Wildman–Crippen LogP) is 4.39. The van der Waals surface area contributed by atoms with Gasteiger partial charge < -0.3 is 10.1 Å². The quantitative estimate of drug-likeness (QED) is 0.471. The van der Waals surface area contributed by atoms with E-state index in [1.54, 1.807) is 12.1 Å². The Morgan fingerprint density at radius 2 is 2.04 bits per heavy atom. The van der Waals surface area contributed by atoms with Gasteiger partial charge in [0.2, 0.25) is 0 Å². The Morgan fingerprint density at radius 3 is 2.74 bits per heavy atom. The first kappa shape index (κ1) is 17.7. The highest BCUT2D eigenvalue weighted by Crippen LogP contribution is 2.50. The number of nitro groups is 1. The summed E-state index contributed by atoms with van der Waals surface area (Å²) >= 11 is 5.71. The lowest BCUT2D eigenvalue weighted by Crippen LogP contribution is -2.69. The monoisotopic (exact) mass is 383 g/mol. The standard InChI is InChI=1S/C20H21N3O3S/c1-11-6-5-7-16(12(11)2)22-19(27)21-18-13(3)20(22,4)26-17-9-8-14(23(24)25)10-15(17)18/h5-10,13,18H,1-4H3,(H,21,27)/t13-,18-,20+/m1/s1. The van der Waals surface area contributed by atoms with Crippen LogP contribution in [0.5, 0.6) is 5.75 Å². The molecular weight excluding hydrogens is 362 g/mol. The summed E-state index contributed by atoms with van der Waals surface area (Å²) in [6.07, 6.45) is 0. The maximum atomic E-state index is 11.2. The second-order valence-electron chi connectivity index (χ2n) is 7.41. The minimum Gasteiger partial charge on any atom is -0.467 e. The molecule has 0 unspecified atom stereocenters. The van der Waals surface area contributed by atoms with Crippen molar-refractivity contribution in [1.29, 1.82) is 0 Å². The number of fused-ring (bicyclic) bond motifs is 4. The molecule has 1 N–H and O–H groups in total. The third-order valence-electron chi connectivity index (χ3n) is 5.94. The Kier molecular flexibility index (Phi) is 3.89. The number of ether oxygens (including phenoxy) is 1. The van der Waals surface area contributed by atoms with Gasteiger partial charge in [-0.05, 0) is 56.2 Å². The molecule has 4 rings (SSSR count). The van der Waals surface area contributed by atoms with Crippen molar-refractivity contribution in [3.63, 3.8) is 0 Å². The number of non-ortho nitro benzene ring substituents is 1. The van der Waals surface area contributed by atoms with Gasteiger partial charge in [-0.15, -0.1) is 0 Å². The highest BCUT2D eigenvalue weighted by atomic mass is 32.1. The van der Waals surface area contributed by atoms with Crippen LogP contribution in [0.2, 0.25) is 0 Å². The summed E-state index contributed by atoms with van der Waals surface area (Å²) in [6, 6.07) is 10.7. The van der Waals surface area contributed by atoms with E-state index in [2.05, 4.69) is 32.2 Å². The van der Waals surface area contributed by atoms with Gasteiger partial charge in [0, 0.05) is 23.6 Å². The number of nitrogens with one attached hydrogen (secondary N) is 1. The zero-order valence-corrected chi connectivity index (χ0v) is 16.5. The summed E-state index contributed by atoms with van der Waals surface area (Å²) in [6.45, 7) is 8.26. The van der Waals surface area contributed by atoms with E-state index < -0.39 is 5.72 Å². The molecule has 2 bridgehead atoms. The SMILES string of the molecule is Cc1cccc(N2C(=S)N[C@H]3c4cc([N+](=O)[O-])ccc4O[C@@]2(C)[C@@H]3C)c1C. The summed E-state index contributed by atoms with van der Waals surface area (Å²) < 4.78 is 6.45. The Labute approximate surface area is 163 Å². The molecule has 0 spiro atoms. The molecule has 0 amide bonds. The fraction of sp³-hybridized carbons (Fsp3) is 0.350. The van der Waals surface area contributed by atoms with Gasteiger partial charge in [-0.1, -0.05) is 19.1 Å². The zero-order chi connectivity index (χ0) is 19.5. The maximum absolute atomic E-state index is 11.2. The second-order valence-corrected chi connectivity index (χ2v) is 7.79. The minimum absolute atomic E-state index is 0.0126. The molecule has 2 aliphatic heterocycles. The fourth-order valence-electron chi connectivity index (χ4n) is 4.06. The Hall–Kier alpha value is -2.67. The van der Waals surface area contributed by atoms with Gasteiger partial charge in [0.15, 0.2) is 10.8 Å². The van der Waals surface area contributed by atoms with Gasteiger partial charge in [0.25, 0.3) is 5.69 Å². The Bertz CT molecular complexity index is 977. The molecule has 7 heteroatoms. The van der Waals surface area contributed by atoms with Gasteiger partial charge in [0.05, 0.1) is 16.7 Å². The highest BCUT2D eigenvalue weighted by Gasteiger charge is 2.54. The topological polar surface area (TPSA) is 67.6 Å². The number of benzene rings is 2. The normalized spacial score (nSPS) is 26.1. The Morgan fingerprint density at radius 1 is 1.30 bits per heavy atom. The van der Waals surface area contributed by atoms with E-state index in [-0.39, 0.29) is 22.6 Å². The number of thiocarbonyl (C=S) groups is 1. The van der Waals surface area contributed by atoms with Crippen LogP contribution in [0, 0.1) is 29.9 Å². The molecule has 2 aromatic rings. The number of nitro benzene ring substituents is 1. The van der Waals surface area contributed by atoms with Crippen LogP contribution in [0.25, 0.3) is 0 Å². The second kappa shape index (κ2) is 5.92. The molecule has 6 nitrogen and oxygen atoms in total. The minimum atomic E-state index is -0.700. The van der Waals surface area contributed by atoms with Crippen LogP contribution in [0.3, 0.4) is 0 Å². The van der Waals surface area contributed by atoms with Crippen molar-refractivity contribution in [2.75, 3.05) is 4.90 Å². The molecule has 0 saturated carbocycles. The summed E-state index contributed by atoms with van der Waals surface area (Å²) in [7, 11) is 0. The maximum Gasteiger partial charge on any atom is 0.270 e. The summed E-state index contributed by atoms with van der Waals surface area (Å²) in [5.74, 6) is 0.662. The number of hydrogen-bond donors (Lipinski definition) is 1. The van der Waals surface area contributed by atoms with Crippen molar-refractivity contribution in [3.05, 3.63) is 63.2 Å². The molecule has 140 valence electrons. The van der Waals surface area contributed by atoms with Crippen LogP contribution in [-0.4, -0.2) is 15.8 Å². The van der Waals surface area contributed by atoms with Crippen LogP contribution >= 0.6 is 12.2 Å². The van der Waals surface area contributed by atoms with Crippen LogP contribution in [0.1, 0.15) is 36.6 Å². The molecule has 2 aromatic carbocycles. The van der Waals surface area contributed by atoms with Crippen LogP contribution in [0.4, 0.5) is 11.4 Å². The summed E-state index contributed by atoms with van der Waals surface area (Å²) in [5, 5.41) is 15.1. The van der Waals surface area contributed by atoms with Crippen molar-refractivity contribution in [3.8, 4) is 5.75 Å². The van der Waals surface area contributed by atoms with Crippen molar-refractivity contribution < 1.29 is 9.66 Å². The molecule has 2 heterocycles. The fourth-order valence-corrected chi connectivity index (χ4v) is 4.46. The molecule has 1 saturated heterocycles.